The first kappa shape index (κ1) is 14.7. The third-order valence-corrected chi connectivity index (χ3v) is 5.25. The van der Waals surface area contributed by atoms with Crippen LogP contribution in [0.25, 0.3) is 0 Å². The molecule has 0 spiro atoms. The van der Waals surface area contributed by atoms with E-state index in [-0.39, 0.29) is 5.69 Å². The third kappa shape index (κ3) is 3.42. The minimum absolute atomic E-state index is 0.0291. The summed E-state index contributed by atoms with van der Waals surface area (Å²) in [5, 5.41) is 11.8. The molecule has 0 saturated carbocycles. The van der Waals surface area contributed by atoms with Gasteiger partial charge in [0.25, 0.3) is 5.69 Å². The van der Waals surface area contributed by atoms with Crippen molar-refractivity contribution < 1.29 is 4.92 Å². The summed E-state index contributed by atoms with van der Waals surface area (Å²) in [5.41, 5.74) is 0.0291. The van der Waals surface area contributed by atoms with Gasteiger partial charge in [-0.05, 0) is 34.1 Å². The largest absolute Gasteiger partial charge is 0.270 e. The lowest BCUT2D eigenvalue weighted by molar-refractivity contribution is -0.385. The van der Waals surface area contributed by atoms with Crippen molar-refractivity contribution in [3.05, 3.63) is 61.0 Å². The Morgan fingerprint density at radius 1 is 1.16 bits per heavy atom. The Morgan fingerprint density at radius 2 is 1.79 bits per heavy atom. The van der Waals surface area contributed by atoms with Crippen LogP contribution >= 0.6 is 50.9 Å². The number of rotatable bonds is 3. The number of hydrogen-bond acceptors (Lipinski definition) is 3. The Kier molecular flexibility index (Phi) is 4.73. The zero-order chi connectivity index (χ0) is 14.0. The Labute approximate surface area is 132 Å². The summed E-state index contributed by atoms with van der Waals surface area (Å²) in [7, 11) is 0. The lowest BCUT2D eigenvalue weighted by Gasteiger charge is -2.07. The molecule has 0 aromatic heterocycles. The van der Waals surface area contributed by atoms with E-state index < -0.39 is 4.92 Å². The summed E-state index contributed by atoms with van der Waals surface area (Å²) >= 11 is 16.8. The second-order valence-corrected chi connectivity index (χ2v) is 6.25. The van der Waals surface area contributed by atoms with E-state index >= 15 is 0 Å². The quantitative estimate of drug-likeness (QED) is 0.499. The van der Waals surface area contributed by atoms with Gasteiger partial charge in [-0.1, -0.05) is 41.0 Å². The van der Waals surface area contributed by atoms with Crippen LogP contribution in [0.2, 0.25) is 10.0 Å². The average molecular weight is 379 g/mol. The molecule has 0 N–H and O–H groups in total. The number of benzene rings is 2. The van der Waals surface area contributed by atoms with E-state index in [1.54, 1.807) is 24.3 Å². The Bertz CT molecular complexity index is 631. The molecule has 0 bridgehead atoms. The first-order valence-electron chi connectivity index (χ1n) is 5.05. The molecule has 2 aromatic carbocycles. The summed E-state index contributed by atoms with van der Waals surface area (Å²) in [5.74, 6) is 0. The van der Waals surface area contributed by atoms with E-state index in [4.69, 9.17) is 23.2 Å². The molecule has 0 unspecified atom stereocenters. The molecule has 0 fully saturated rings. The van der Waals surface area contributed by atoms with Crippen LogP contribution in [0.15, 0.2) is 50.7 Å². The molecule has 0 atom stereocenters. The topological polar surface area (TPSA) is 43.1 Å². The number of halogens is 3. The second kappa shape index (κ2) is 6.13. The number of non-ortho nitro benzene ring substituents is 1. The molecule has 0 aliphatic heterocycles. The van der Waals surface area contributed by atoms with Gasteiger partial charge in [-0.25, -0.2) is 0 Å². The van der Waals surface area contributed by atoms with Crippen LogP contribution in [-0.2, 0) is 0 Å². The Balaban J connectivity index is 2.36. The van der Waals surface area contributed by atoms with Gasteiger partial charge in [-0.15, -0.1) is 0 Å². The van der Waals surface area contributed by atoms with Crippen molar-refractivity contribution >= 4 is 56.6 Å². The highest BCUT2D eigenvalue weighted by Crippen LogP contribution is 2.41. The first-order chi connectivity index (χ1) is 8.99. The predicted molar refractivity (Wildman–Crippen MR) is 81.4 cm³/mol. The molecular formula is C12H6BrCl2NO2S. The molecule has 7 heteroatoms. The van der Waals surface area contributed by atoms with Crippen LogP contribution in [0.5, 0.6) is 0 Å². The van der Waals surface area contributed by atoms with E-state index in [0.29, 0.717) is 14.5 Å². The van der Waals surface area contributed by atoms with E-state index in [9.17, 15) is 10.1 Å². The second-order valence-electron chi connectivity index (χ2n) is 3.52. The molecule has 0 radical (unpaired) electrons. The van der Waals surface area contributed by atoms with Crippen LogP contribution in [0.1, 0.15) is 0 Å². The summed E-state index contributed by atoms with van der Waals surface area (Å²) in [4.78, 5) is 11.8. The maximum Gasteiger partial charge on any atom is 0.270 e. The molecule has 0 aliphatic carbocycles. The molecule has 0 aliphatic rings. The maximum absolute atomic E-state index is 10.7. The lowest BCUT2D eigenvalue weighted by atomic mass is 10.3. The van der Waals surface area contributed by atoms with E-state index in [1.807, 2.05) is 0 Å². The minimum Gasteiger partial charge on any atom is -0.258 e. The smallest absolute Gasteiger partial charge is 0.258 e. The predicted octanol–water partition coefficient (Wildman–Crippen LogP) is 5.82. The van der Waals surface area contributed by atoms with Gasteiger partial charge in [-0.2, -0.15) is 0 Å². The summed E-state index contributed by atoms with van der Waals surface area (Å²) in [6.45, 7) is 0. The van der Waals surface area contributed by atoms with Gasteiger partial charge in [0.2, 0.25) is 0 Å². The van der Waals surface area contributed by atoms with Crippen molar-refractivity contribution in [2.75, 3.05) is 0 Å². The molecule has 0 amide bonds. The van der Waals surface area contributed by atoms with Gasteiger partial charge in [0, 0.05) is 26.4 Å². The zero-order valence-corrected chi connectivity index (χ0v) is 13.2. The number of hydrogen-bond donors (Lipinski definition) is 0. The van der Waals surface area contributed by atoms with Crippen molar-refractivity contribution in [2.24, 2.45) is 0 Å². The van der Waals surface area contributed by atoms with Crippen molar-refractivity contribution in [1.82, 2.24) is 0 Å². The van der Waals surface area contributed by atoms with Crippen molar-refractivity contribution in [1.29, 1.82) is 0 Å². The van der Waals surface area contributed by atoms with Gasteiger partial charge in [0.05, 0.1) is 15.0 Å². The minimum atomic E-state index is -0.443. The lowest BCUT2D eigenvalue weighted by Crippen LogP contribution is -1.88. The van der Waals surface area contributed by atoms with Gasteiger partial charge < -0.3 is 0 Å². The van der Waals surface area contributed by atoms with Crippen LogP contribution in [0, 0.1) is 10.1 Å². The number of nitrogens with zero attached hydrogens (tertiary/aromatic N) is 1. The Morgan fingerprint density at radius 3 is 2.32 bits per heavy atom. The fraction of sp³-hybridized carbons (Fsp3) is 0. The van der Waals surface area contributed by atoms with Crippen molar-refractivity contribution in [3.63, 3.8) is 0 Å². The molecule has 3 nitrogen and oxygen atoms in total. The number of nitro groups is 1. The fourth-order valence-corrected chi connectivity index (χ4v) is 3.46. The molecular weight excluding hydrogens is 373 g/mol. The molecule has 0 heterocycles. The van der Waals surface area contributed by atoms with Crippen LogP contribution in [-0.4, -0.2) is 4.92 Å². The molecule has 19 heavy (non-hydrogen) atoms. The molecule has 2 aromatic rings. The number of nitro benzene ring substituents is 1. The van der Waals surface area contributed by atoms with Gasteiger partial charge in [0.1, 0.15) is 0 Å². The molecule has 0 saturated heterocycles. The maximum atomic E-state index is 10.7. The van der Waals surface area contributed by atoms with Crippen molar-refractivity contribution in [2.45, 2.75) is 9.79 Å². The SMILES string of the molecule is O=[N+]([O-])c1ccc(Sc2c(Cl)cccc2Cl)c(Br)c1. The van der Waals surface area contributed by atoms with E-state index in [2.05, 4.69) is 15.9 Å². The van der Waals surface area contributed by atoms with E-state index in [1.165, 1.54) is 23.9 Å². The molecule has 2 rings (SSSR count). The third-order valence-electron chi connectivity index (χ3n) is 2.26. The van der Waals surface area contributed by atoms with Crippen molar-refractivity contribution in [3.8, 4) is 0 Å². The highest BCUT2D eigenvalue weighted by molar-refractivity contribution is 9.10. The summed E-state index contributed by atoms with van der Waals surface area (Å²) in [6, 6.07) is 9.81. The highest BCUT2D eigenvalue weighted by Gasteiger charge is 2.13. The zero-order valence-electron chi connectivity index (χ0n) is 9.27. The normalized spacial score (nSPS) is 10.5. The monoisotopic (exact) mass is 377 g/mol. The van der Waals surface area contributed by atoms with E-state index in [0.717, 1.165) is 9.79 Å². The summed E-state index contributed by atoms with van der Waals surface area (Å²) in [6.07, 6.45) is 0. The first-order valence-corrected chi connectivity index (χ1v) is 7.41. The Hall–Kier alpha value is -0.750. The van der Waals surface area contributed by atoms with Crippen LogP contribution < -0.4 is 0 Å². The van der Waals surface area contributed by atoms with Gasteiger partial charge >= 0.3 is 0 Å². The standard InChI is InChI=1S/C12H6BrCl2NO2S/c13-8-6-7(16(17)18)4-5-11(8)19-12-9(14)2-1-3-10(12)15/h1-6H. The highest BCUT2D eigenvalue weighted by atomic mass is 79.9. The average Bonchev–Trinajstić information content (AvgIpc) is 2.35. The van der Waals surface area contributed by atoms with Gasteiger partial charge in [-0.3, -0.25) is 10.1 Å². The van der Waals surface area contributed by atoms with Crippen LogP contribution in [0.4, 0.5) is 5.69 Å². The van der Waals surface area contributed by atoms with Gasteiger partial charge in [0.15, 0.2) is 0 Å². The van der Waals surface area contributed by atoms with Crippen LogP contribution in [0.3, 0.4) is 0 Å². The summed E-state index contributed by atoms with van der Waals surface area (Å²) < 4.78 is 0.627. The fourth-order valence-electron chi connectivity index (χ4n) is 1.38. The molecule has 98 valence electrons.